The lowest BCUT2D eigenvalue weighted by Crippen LogP contribution is -2.22. The Balaban J connectivity index is 1.54. The van der Waals surface area contributed by atoms with Crippen LogP contribution < -0.4 is 10.1 Å². The molecule has 0 saturated carbocycles. The van der Waals surface area contributed by atoms with Gasteiger partial charge in [-0.3, -0.25) is 4.79 Å². The fourth-order valence-electron chi connectivity index (χ4n) is 4.93. The van der Waals surface area contributed by atoms with Crippen molar-refractivity contribution in [1.82, 2.24) is 14.0 Å². The van der Waals surface area contributed by atoms with Gasteiger partial charge in [-0.2, -0.15) is 0 Å². The number of fused-ring (bicyclic) bond motifs is 4. The number of nitrogens with zero attached hydrogens (tertiary/aromatic N) is 3. The van der Waals surface area contributed by atoms with Crippen LogP contribution in [0.2, 0.25) is 0 Å². The molecule has 8 heteroatoms. The van der Waals surface area contributed by atoms with E-state index >= 15 is 0 Å². The smallest absolute Gasteiger partial charge is 0.339 e. The highest BCUT2D eigenvalue weighted by Gasteiger charge is 2.27. The number of hydrogen-bond acceptors (Lipinski definition) is 5. The SMILES string of the molecule is Cc1cc(C=c2sc3nc4ccccc4n3c2=O)c(C)n1-c1sc2c(c1C(=O)O)CCCC2. The summed E-state index contributed by atoms with van der Waals surface area (Å²) in [6.45, 7) is 3.98. The molecule has 6 rings (SSSR count). The van der Waals surface area contributed by atoms with Gasteiger partial charge in [-0.05, 0) is 74.9 Å². The van der Waals surface area contributed by atoms with Crippen LogP contribution in [0.25, 0.3) is 27.1 Å². The molecular formula is C25H21N3O3S2. The quantitative estimate of drug-likeness (QED) is 0.417. The molecule has 1 N–H and O–H groups in total. The molecular weight excluding hydrogens is 454 g/mol. The first-order chi connectivity index (χ1) is 15.9. The number of aryl methyl sites for hydroxylation is 2. The Labute approximate surface area is 197 Å². The Kier molecular flexibility index (Phi) is 4.57. The number of aromatic carboxylic acids is 1. The van der Waals surface area contributed by atoms with E-state index in [1.807, 2.05) is 54.8 Å². The molecule has 0 amide bonds. The maximum absolute atomic E-state index is 13.2. The molecule has 1 aromatic carbocycles. The van der Waals surface area contributed by atoms with Gasteiger partial charge in [-0.25, -0.2) is 14.2 Å². The number of thiazole rings is 1. The largest absolute Gasteiger partial charge is 0.478 e. The lowest BCUT2D eigenvalue weighted by Gasteiger charge is -2.11. The second kappa shape index (κ2) is 7.40. The van der Waals surface area contributed by atoms with E-state index in [-0.39, 0.29) is 5.56 Å². The van der Waals surface area contributed by atoms with E-state index in [4.69, 9.17) is 0 Å². The number of para-hydroxylation sites is 2. The number of rotatable bonds is 3. The lowest BCUT2D eigenvalue weighted by atomic mass is 9.95. The Hall–Kier alpha value is -3.23. The van der Waals surface area contributed by atoms with E-state index < -0.39 is 5.97 Å². The molecule has 4 heterocycles. The van der Waals surface area contributed by atoms with E-state index in [0.717, 1.165) is 64.2 Å². The second-order valence-electron chi connectivity index (χ2n) is 8.49. The van der Waals surface area contributed by atoms with Gasteiger partial charge >= 0.3 is 5.97 Å². The van der Waals surface area contributed by atoms with Crippen molar-refractivity contribution in [3.8, 4) is 5.00 Å². The Morgan fingerprint density at radius 2 is 1.94 bits per heavy atom. The predicted octanol–water partition coefficient (Wildman–Crippen LogP) is 4.50. The van der Waals surface area contributed by atoms with E-state index in [2.05, 4.69) is 4.98 Å². The average Bonchev–Trinajstić information content (AvgIpc) is 3.49. The first-order valence-electron chi connectivity index (χ1n) is 10.9. The zero-order chi connectivity index (χ0) is 22.9. The molecule has 0 spiro atoms. The van der Waals surface area contributed by atoms with Gasteiger partial charge in [0.2, 0.25) is 0 Å². The maximum Gasteiger partial charge on any atom is 0.339 e. The maximum atomic E-state index is 13.2. The molecule has 0 bridgehead atoms. The summed E-state index contributed by atoms with van der Waals surface area (Å²) in [6, 6.07) is 9.67. The molecule has 1 aliphatic rings. The van der Waals surface area contributed by atoms with Gasteiger partial charge in [0.25, 0.3) is 5.56 Å². The summed E-state index contributed by atoms with van der Waals surface area (Å²) in [4.78, 5) is 31.9. The summed E-state index contributed by atoms with van der Waals surface area (Å²) in [7, 11) is 0. The zero-order valence-corrected chi connectivity index (χ0v) is 19.8. The van der Waals surface area contributed by atoms with Crippen LogP contribution in [0.15, 0.2) is 35.1 Å². The van der Waals surface area contributed by atoms with Crippen molar-refractivity contribution < 1.29 is 9.90 Å². The van der Waals surface area contributed by atoms with Gasteiger partial charge in [-0.15, -0.1) is 11.3 Å². The molecule has 0 unspecified atom stereocenters. The number of benzene rings is 1. The third-order valence-corrected chi connectivity index (χ3v) is 8.72. The minimum atomic E-state index is -0.865. The highest BCUT2D eigenvalue weighted by Crippen LogP contribution is 2.38. The number of carboxylic acid groups (broad SMARTS) is 1. The molecule has 0 radical (unpaired) electrons. The van der Waals surface area contributed by atoms with Crippen molar-refractivity contribution in [2.45, 2.75) is 39.5 Å². The lowest BCUT2D eigenvalue weighted by molar-refractivity contribution is 0.0696. The van der Waals surface area contributed by atoms with E-state index in [1.54, 1.807) is 15.7 Å². The summed E-state index contributed by atoms with van der Waals surface area (Å²) in [5.41, 5.74) is 5.80. The van der Waals surface area contributed by atoms with Crippen LogP contribution in [-0.4, -0.2) is 25.0 Å². The normalized spacial score (nSPS) is 14.4. The molecule has 33 heavy (non-hydrogen) atoms. The van der Waals surface area contributed by atoms with Gasteiger partial charge in [0.15, 0.2) is 4.96 Å². The van der Waals surface area contributed by atoms with Crippen molar-refractivity contribution in [2.75, 3.05) is 0 Å². The van der Waals surface area contributed by atoms with E-state index in [1.165, 1.54) is 16.2 Å². The molecule has 1 aliphatic carbocycles. The van der Waals surface area contributed by atoms with Crippen molar-refractivity contribution in [2.24, 2.45) is 0 Å². The number of aromatic nitrogens is 3. The Bertz CT molecular complexity index is 1700. The molecule has 6 nitrogen and oxygen atoms in total. The zero-order valence-electron chi connectivity index (χ0n) is 18.2. The van der Waals surface area contributed by atoms with Crippen LogP contribution in [0.5, 0.6) is 0 Å². The minimum absolute atomic E-state index is 0.0775. The molecule has 0 aliphatic heterocycles. The van der Waals surface area contributed by atoms with Crippen LogP contribution in [0.3, 0.4) is 0 Å². The van der Waals surface area contributed by atoms with Crippen molar-refractivity contribution >= 4 is 50.7 Å². The molecule has 0 saturated heterocycles. The molecule has 4 aromatic heterocycles. The highest BCUT2D eigenvalue weighted by molar-refractivity contribution is 7.15. The minimum Gasteiger partial charge on any atom is -0.478 e. The van der Waals surface area contributed by atoms with Gasteiger partial charge < -0.3 is 9.67 Å². The highest BCUT2D eigenvalue weighted by atomic mass is 32.1. The number of carboxylic acids is 1. The fraction of sp³-hybridized carbons (Fsp3) is 0.240. The third kappa shape index (κ3) is 3.01. The average molecular weight is 476 g/mol. The summed E-state index contributed by atoms with van der Waals surface area (Å²) in [5, 5.41) is 10.8. The summed E-state index contributed by atoms with van der Waals surface area (Å²) in [6.07, 6.45) is 5.82. The summed E-state index contributed by atoms with van der Waals surface area (Å²) < 4.78 is 4.32. The second-order valence-corrected chi connectivity index (χ2v) is 10.6. The monoisotopic (exact) mass is 475 g/mol. The van der Waals surface area contributed by atoms with Crippen molar-refractivity contribution in [3.63, 3.8) is 0 Å². The predicted molar refractivity (Wildman–Crippen MR) is 132 cm³/mol. The first kappa shape index (κ1) is 20.4. The molecule has 0 fully saturated rings. The number of imidazole rings is 1. The summed E-state index contributed by atoms with van der Waals surface area (Å²) >= 11 is 2.97. The topological polar surface area (TPSA) is 76.6 Å². The van der Waals surface area contributed by atoms with Crippen molar-refractivity contribution in [1.29, 1.82) is 0 Å². The van der Waals surface area contributed by atoms with Crippen molar-refractivity contribution in [3.05, 3.63) is 78.2 Å². The van der Waals surface area contributed by atoms with Gasteiger partial charge in [-0.1, -0.05) is 23.5 Å². The number of carbonyl (C=O) groups is 1. The fourth-order valence-corrected chi connectivity index (χ4v) is 7.40. The third-order valence-electron chi connectivity index (χ3n) is 6.47. The van der Waals surface area contributed by atoms with E-state index in [9.17, 15) is 14.7 Å². The van der Waals surface area contributed by atoms with Crippen LogP contribution in [0.1, 0.15) is 50.6 Å². The van der Waals surface area contributed by atoms with Gasteiger partial charge in [0.1, 0.15) is 5.00 Å². The van der Waals surface area contributed by atoms with Crippen LogP contribution >= 0.6 is 22.7 Å². The molecule has 0 atom stereocenters. The number of thiophene rings is 1. The standard InChI is InChI=1S/C25H21N3O3S2/c1-13-11-15(12-20-22(29)28-18-9-5-4-8-17(18)26-25(28)33-20)14(2)27(13)23-21(24(30)31)16-7-3-6-10-19(16)32-23/h4-5,8-9,11-12H,3,6-7,10H2,1-2H3,(H,30,31). The van der Waals surface area contributed by atoms with Crippen LogP contribution in [-0.2, 0) is 12.8 Å². The number of hydrogen-bond donors (Lipinski definition) is 1. The Morgan fingerprint density at radius 1 is 1.15 bits per heavy atom. The van der Waals surface area contributed by atoms with Crippen LogP contribution in [0.4, 0.5) is 0 Å². The Morgan fingerprint density at radius 3 is 2.76 bits per heavy atom. The van der Waals surface area contributed by atoms with E-state index in [0.29, 0.717) is 15.1 Å². The molecule has 5 aromatic rings. The summed E-state index contributed by atoms with van der Waals surface area (Å²) in [5.74, 6) is -0.865. The molecule has 166 valence electrons. The van der Waals surface area contributed by atoms with Crippen LogP contribution in [0, 0.1) is 13.8 Å². The van der Waals surface area contributed by atoms with Gasteiger partial charge in [0, 0.05) is 16.3 Å². The van der Waals surface area contributed by atoms with Gasteiger partial charge in [0.05, 0.1) is 21.1 Å². The first-order valence-corrected chi connectivity index (χ1v) is 12.6.